The zero-order valence-corrected chi connectivity index (χ0v) is 43.5. The van der Waals surface area contributed by atoms with Crippen LogP contribution in [0.25, 0.3) is 0 Å². The highest BCUT2D eigenvalue weighted by Crippen LogP contribution is 2.13. The molecular weight excluding hydrogens is 1000 g/mol. The summed E-state index contributed by atoms with van der Waals surface area (Å²) in [5.74, 6) is -17.5. The van der Waals surface area contributed by atoms with Crippen LogP contribution < -0.4 is 54.0 Å². The number of amides is 9. The van der Waals surface area contributed by atoms with Gasteiger partial charge in [0.15, 0.2) is 0 Å². The molecule has 0 aliphatic rings. The van der Waals surface area contributed by atoms with Crippen LogP contribution in [0.2, 0.25) is 0 Å². The van der Waals surface area contributed by atoms with Crippen LogP contribution in [0.1, 0.15) is 105 Å². The van der Waals surface area contributed by atoms with E-state index in [1.54, 1.807) is 51.1 Å². The first-order valence-corrected chi connectivity index (χ1v) is 24.5. The Labute approximate surface area is 438 Å². The van der Waals surface area contributed by atoms with Gasteiger partial charge in [0.05, 0.1) is 25.0 Å². The summed E-state index contributed by atoms with van der Waals surface area (Å²) in [6.07, 6.45) is -6.45. The van der Waals surface area contributed by atoms with Gasteiger partial charge in [0.2, 0.25) is 53.2 Å². The second-order valence-corrected chi connectivity index (χ2v) is 19.0. The third kappa shape index (κ3) is 24.1. The molecule has 28 heteroatoms. The van der Waals surface area contributed by atoms with Crippen molar-refractivity contribution >= 4 is 77.0 Å². The molecule has 1 rings (SSSR count). The van der Waals surface area contributed by atoms with Crippen molar-refractivity contribution in [3.63, 3.8) is 0 Å². The molecule has 1 aromatic rings. The Hall–Kier alpha value is -7.75. The number of hydrogen-bond acceptors (Lipinski definition) is 15. The highest BCUT2D eigenvalue weighted by Gasteiger charge is 2.38. The molecule has 0 bridgehead atoms. The summed E-state index contributed by atoms with van der Waals surface area (Å²) in [6, 6.07) is -7.19. The quantitative estimate of drug-likeness (QED) is 0.0317. The fourth-order valence-corrected chi connectivity index (χ4v) is 7.18. The van der Waals surface area contributed by atoms with Gasteiger partial charge in [0, 0.05) is 19.3 Å². The summed E-state index contributed by atoms with van der Waals surface area (Å²) in [7, 11) is 0. The number of rotatable bonds is 35. The number of carbonyl (C=O) groups is 13. The van der Waals surface area contributed by atoms with Crippen LogP contribution in [0.5, 0.6) is 0 Å². The fourth-order valence-electron chi connectivity index (χ4n) is 7.18. The molecule has 0 saturated carbocycles. The Morgan fingerprint density at radius 1 is 0.500 bits per heavy atom. The summed E-state index contributed by atoms with van der Waals surface area (Å²) in [5.41, 5.74) is 11.8. The van der Waals surface area contributed by atoms with E-state index in [2.05, 4.69) is 42.5 Å². The number of aliphatic hydroxyl groups excluding tert-OH is 1. The van der Waals surface area contributed by atoms with Gasteiger partial charge in [-0.05, 0) is 49.5 Å². The van der Waals surface area contributed by atoms with Gasteiger partial charge < -0.3 is 79.5 Å². The smallest absolute Gasteiger partial charge is 0.326 e. The average Bonchev–Trinajstić information content (AvgIpc) is 3.32. The molecule has 28 nitrogen and oxygen atoms in total. The highest BCUT2D eigenvalue weighted by molar-refractivity contribution is 5.99. The van der Waals surface area contributed by atoms with Crippen molar-refractivity contribution in [3.8, 4) is 0 Å². The zero-order valence-electron chi connectivity index (χ0n) is 43.5. The Bertz CT molecular complexity index is 2230. The first-order valence-electron chi connectivity index (χ1n) is 24.5. The summed E-state index contributed by atoms with van der Waals surface area (Å²) >= 11 is 0. The highest BCUT2D eigenvalue weighted by atomic mass is 16.4. The molecule has 9 amide bonds. The van der Waals surface area contributed by atoms with Crippen LogP contribution in [0.15, 0.2) is 30.3 Å². The van der Waals surface area contributed by atoms with Gasteiger partial charge >= 0.3 is 23.9 Å². The van der Waals surface area contributed by atoms with Crippen LogP contribution >= 0.6 is 0 Å². The maximum Gasteiger partial charge on any atom is 0.326 e. The molecule has 424 valence electrons. The third-order valence-corrected chi connectivity index (χ3v) is 11.7. The van der Waals surface area contributed by atoms with Crippen LogP contribution in [0.4, 0.5) is 0 Å². The van der Waals surface area contributed by atoms with Gasteiger partial charge in [0.25, 0.3) is 0 Å². The summed E-state index contributed by atoms with van der Waals surface area (Å²) in [6.45, 7) is 10.9. The van der Waals surface area contributed by atoms with E-state index < -0.39 is 182 Å². The van der Waals surface area contributed by atoms with Crippen LogP contribution in [0.3, 0.4) is 0 Å². The molecule has 0 aliphatic carbocycles. The van der Waals surface area contributed by atoms with Gasteiger partial charge in [0.1, 0.15) is 48.3 Å². The Balaban J connectivity index is 3.61. The van der Waals surface area contributed by atoms with Crippen molar-refractivity contribution in [2.24, 2.45) is 29.2 Å². The van der Waals surface area contributed by atoms with Crippen LogP contribution in [-0.4, -0.2) is 163 Å². The SMILES string of the molecule is CC[C@H](C)[C@H](N)C(=O)N[C@@H](CC(C)C)C(=O)N[C@@H](CC(=O)O)C(=O)N[C@@H](Cc1ccccc1)C(=O)N[C@H](C(=O)N[C@@H](CCC(=O)O)C(=O)N[C@@H](CCC(N)=O)C(=O)N[C@@H](CC(=O)O)C(=O)N[C@H](C(=O)O)C(C)C)[C@@H](C)O. The van der Waals surface area contributed by atoms with E-state index >= 15 is 0 Å². The molecule has 76 heavy (non-hydrogen) atoms. The third-order valence-electron chi connectivity index (χ3n) is 11.7. The number of hydrogen-bond donors (Lipinski definition) is 15. The number of benzene rings is 1. The van der Waals surface area contributed by atoms with Crippen molar-refractivity contribution in [3.05, 3.63) is 35.9 Å². The van der Waals surface area contributed by atoms with Crippen molar-refractivity contribution in [1.29, 1.82) is 0 Å². The lowest BCUT2D eigenvalue weighted by Crippen LogP contribution is -2.62. The lowest BCUT2D eigenvalue weighted by atomic mass is 9.97. The monoisotopic (exact) mass is 1080 g/mol. The number of carbonyl (C=O) groups excluding carboxylic acids is 9. The van der Waals surface area contributed by atoms with Gasteiger partial charge in [-0.3, -0.25) is 57.5 Å². The normalized spacial score (nSPS) is 15.5. The molecule has 0 aromatic heterocycles. The van der Waals surface area contributed by atoms with E-state index in [4.69, 9.17) is 11.5 Å². The number of aliphatic hydroxyl groups is 1. The minimum Gasteiger partial charge on any atom is -0.481 e. The average molecular weight is 1080 g/mol. The minimum atomic E-state index is -2.01. The molecule has 0 saturated heterocycles. The first-order chi connectivity index (χ1) is 35.4. The van der Waals surface area contributed by atoms with E-state index in [-0.39, 0.29) is 24.7 Å². The predicted octanol–water partition coefficient (Wildman–Crippen LogP) is -3.27. The maximum atomic E-state index is 14.2. The molecule has 1 aromatic carbocycles. The van der Waals surface area contributed by atoms with Gasteiger partial charge in [-0.25, -0.2) is 4.79 Å². The maximum absolute atomic E-state index is 14.2. The zero-order chi connectivity index (χ0) is 58.1. The molecular formula is C48H74N10O18. The number of carboxylic acid groups (broad SMARTS) is 4. The van der Waals surface area contributed by atoms with Gasteiger partial charge in [-0.15, -0.1) is 0 Å². The second kappa shape index (κ2) is 32.5. The van der Waals surface area contributed by atoms with E-state index in [9.17, 15) is 87.9 Å². The van der Waals surface area contributed by atoms with Crippen molar-refractivity contribution in [2.75, 3.05) is 0 Å². The molecule has 0 heterocycles. The van der Waals surface area contributed by atoms with Crippen LogP contribution in [-0.2, 0) is 68.7 Å². The van der Waals surface area contributed by atoms with Crippen molar-refractivity contribution in [1.82, 2.24) is 42.5 Å². The Morgan fingerprint density at radius 3 is 1.34 bits per heavy atom. The first kappa shape index (κ1) is 66.3. The van der Waals surface area contributed by atoms with Crippen molar-refractivity contribution < 1.29 is 87.9 Å². The minimum absolute atomic E-state index is 0.0454. The lowest BCUT2D eigenvalue weighted by Gasteiger charge is -2.29. The van der Waals surface area contributed by atoms with Gasteiger partial charge in [-0.1, -0.05) is 78.3 Å². The largest absolute Gasteiger partial charge is 0.481 e. The Kier molecular flexibility index (Phi) is 28.4. The molecule has 11 atom stereocenters. The predicted molar refractivity (Wildman–Crippen MR) is 266 cm³/mol. The van der Waals surface area contributed by atoms with Gasteiger partial charge in [-0.2, -0.15) is 0 Å². The van der Waals surface area contributed by atoms with E-state index in [1.165, 1.54) is 13.8 Å². The Morgan fingerprint density at radius 2 is 0.908 bits per heavy atom. The summed E-state index contributed by atoms with van der Waals surface area (Å²) < 4.78 is 0. The molecule has 0 aliphatic heterocycles. The summed E-state index contributed by atoms with van der Waals surface area (Å²) in [4.78, 5) is 168. The topological polar surface area (TPSA) is 471 Å². The molecule has 0 radical (unpaired) electrons. The fraction of sp³-hybridized carbons (Fsp3) is 0.604. The van der Waals surface area contributed by atoms with E-state index in [0.717, 1.165) is 6.92 Å². The molecule has 0 spiro atoms. The molecule has 0 fully saturated rings. The number of nitrogens with one attached hydrogen (secondary N) is 8. The van der Waals surface area contributed by atoms with E-state index in [1.807, 2.05) is 6.92 Å². The number of primary amides is 1. The number of nitrogens with two attached hydrogens (primary N) is 2. The number of carboxylic acids is 4. The van der Waals surface area contributed by atoms with E-state index in [0.29, 0.717) is 12.0 Å². The van der Waals surface area contributed by atoms with Crippen molar-refractivity contribution in [2.45, 2.75) is 167 Å². The lowest BCUT2D eigenvalue weighted by molar-refractivity contribution is -0.145. The summed E-state index contributed by atoms with van der Waals surface area (Å²) in [5, 5.41) is 67.3. The standard InChI is InChI=1S/C48H74N10O18/c1-8-24(6)37(50)46(73)56-29(18-22(2)3)42(69)55-31(20-35(63)64)43(70)53-30(19-26-12-10-9-11-13-26)44(71)58-39(25(7)59)47(74)52-28(15-17-34(61)62)40(67)51-27(14-16-33(49)60)41(68)54-32(21-36(65)66)45(72)57-38(23(4)5)48(75)76/h9-13,22-25,27-32,37-39,59H,8,14-21,50H2,1-7H3,(H2,49,60)(H,51,67)(H,52,74)(H,53,70)(H,54,68)(H,55,69)(H,56,73)(H,57,72)(H,58,71)(H,61,62)(H,63,64)(H,65,66)(H,75,76)/t24-,25+,27-,28-,29-,30-,31-,32-,37-,38-,39-/m0/s1. The number of aliphatic carboxylic acids is 4. The molecule has 17 N–H and O–H groups in total. The second-order valence-electron chi connectivity index (χ2n) is 19.0. The van der Waals surface area contributed by atoms with Crippen LogP contribution in [0, 0.1) is 17.8 Å². The molecule has 0 unspecified atom stereocenters.